The van der Waals surface area contributed by atoms with E-state index in [4.69, 9.17) is 11.6 Å². The van der Waals surface area contributed by atoms with Gasteiger partial charge in [0, 0.05) is 35.6 Å². The molecule has 1 unspecified atom stereocenters. The standard InChI is InChI=1S/C28H24ClFN4O2/c1-2-24(36)33-9-7-18(8-10-33)34-28-17(15-32-34)14-31-27-22(28)13-23(29)25(26(27)30)21-12-19(35)11-16-5-3-4-6-20(16)21/h2-6,11-15,18,24,35-36H,1,7-10H2. The highest BCUT2D eigenvalue weighted by Gasteiger charge is 2.27. The van der Waals surface area contributed by atoms with Crippen molar-refractivity contribution in [3.8, 4) is 16.9 Å². The number of aliphatic hydroxyl groups is 1. The normalized spacial score (nSPS) is 16.2. The van der Waals surface area contributed by atoms with E-state index in [0.29, 0.717) is 24.0 Å². The molecule has 36 heavy (non-hydrogen) atoms. The molecule has 2 aromatic heterocycles. The number of pyridine rings is 1. The number of rotatable bonds is 4. The van der Waals surface area contributed by atoms with Crippen LogP contribution in [0.3, 0.4) is 0 Å². The Morgan fingerprint density at radius 1 is 1.08 bits per heavy atom. The fraction of sp³-hybridized carbons (Fsp3) is 0.214. The molecule has 6 rings (SSSR count). The van der Waals surface area contributed by atoms with Crippen molar-refractivity contribution in [2.45, 2.75) is 25.1 Å². The summed E-state index contributed by atoms with van der Waals surface area (Å²) < 4.78 is 18.1. The first-order chi connectivity index (χ1) is 17.5. The van der Waals surface area contributed by atoms with Crippen LogP contribution in [0.4, 0.5) is 4.39 Å². The maximum absolute atomic E-state index is 16.2. The van der Waals surface area contributed by atoms with Gasteiger partial charge in [0.25, 0.3) is 0 Å². The van der Waals surface area contributed by atoms with Gasteiger partial charge in [-0.1, -0.05) is 42.4 Å². The van der Waals surface area contributed by atoms with Crippen LogP contribution in [-0.4, -0.2) is 49.2 Å². The largest absolute Gasteiger partial charge is 0.508 e. The van der Waals surface area contributed by atoms with Crippen molar-refractivity contribution in [1.29, 1.82) is 0 Å². The Kier molecular flexibility index (Phi) is 5.63. The van der Waals surface area contributed by atoms with Crippen LogP contribution in [0.5, 0.6) is 5.75 Å². The molecular formula is C28H24ClFN4O2. The Labute approximate surface area is 211 Å². The van der Waals surface area contributed by atoms with Gasteiger partial charge in [0.1, 0.15) is 17.5 Å². The van der Waals surface area contributed by atoms with Gasteiger partial charge in [0.2, 0.25) is 0 Å². The number of nitrogens with zero attached hydrogens (tertiary/aromatic N) is 4. The van der Waals surface area contributed by atoms with Crippen molar-refractivity contribution in [3.63, 3.8) is 0 Å². The van der Waals surface area contributed by atoms with Crippen LogP contribution in [0.15, 0.2) is 67.5 Å². The molecule has 1 saturated heterocycles. The van der Waals surface area contributed by atoms with Crippen molar-refractivity contribution >= 4 is 44.2 Å². The molecule has 182 valence electrons. The summed E-state index contributed by atoms with van der Waals surface area (Å²) in [4.78, 5) is 6.41. The highest BCUT2D eigenvalue weighted by molar-refractivity contribution is 6.35. The zero-order chi connectivity index (χ0) is 25.0. The number of aliphatic hydroxyl groups excluding tert-OH is 1. The fourth-order valence-corrected chi connectivity index (χ4v) is 5.66. The number of phenolic OH excluding ortho intramolecular Hbond substituents is 1. The van der Waals surface area contributed by atoms with Crippen LogP contribution < -0.4 is 0 Å². The van der Waals surface area contributed by atoms with Crippen molar-refractivity contribution in [2.24, 2.45) is 0 Å². The molecule has 0 saturated carbocycles. The number of halogens is 2. The number of aromatic nitrogens is 3. The molecule has 5 aromatic rings. The Bertz CT molecular complexity index is 1640. The SMILES string of the molecule is C=CC(O)N1CCC(n2ncc3cnc4c(F)c(-c5cc(O)cc6ccccc56)c(Cl)cc4c32)CC1. The average Bonchev–Trinajstić information content (AvgIpc) is 3.33. The lowest BCUT2D eigenvalue weighted by Crippen LogP contribution is -2.40. The summed E-state index contributed by atoms with van der Waals surface area (Å²) >= 11 is 6.75. The zero-order valence-corrected chi connectivity index (χ0v) is 20.2. The molecular weight excluding hydrogens is 479 g/mol. The second-order valence-corrected chi connectivity index (χ2v) is 9.63. The Balaban J connectivity index is 1.51. The third-order valence-electron chi connectivity index (χ3n) is 7.15. The number of aromatic hydroxyl groups is 1. The second-order valence-electron chi connectivity index (χ2n) is 9.23. The summed E-state index contributed by atoms with van der Waals surface area (Å²) in [6.07, 6.45) is 5.82. The van der Waals surface area contributed by atoms with Gasteiger partial charge >= 0.3 is 0 Å². The van der Waals surface area contributed by atoms with Gasteiger partial charge in [-0.05, 0) is 53.5 Å². The first-order valence-electron chi connectivity index (χ1n) is 11.9. The molecule has 3 aromatic carbocycles. The fourth-order valence-electron chi connectivity index (χ4n) is 5.37. The minimum Gasteiger partial charge on any atom is -0.508 e. The number of phenols is 1. The third-order valence-corrected chi connectivity index (χ3v) is 7.45. The molecule has 3 heterocycles. The van der Waals surface area contributed by atoms with Crippen molar-refractivity contribution < 1.29 is 14.6 Å². The van der Waals surface area contributed by atoms with E-state index in [0.717, 1.165) is 34.5 Å². The topological polar surface area (TPSA) is 74.4 Å². The minimum absolute atomic E-state index is 0.0358. The second kappa shape index (κ2) is 8.85. The molecule has 1 fully saturated rings. The van der Waals surface area contributed by atoms with Gasteiger partial charge < -0.3 is 10.2 Å². The van der Waals surface area contributed by atoms with E-state index < -0.39 is 12.0 Å². The first kappa shape index (κ1) is 22.9. The van der Waals surface area contributed by atoms with E-state index in [1.165, 1.54) is 12.1 Å². The van der Waals surface area contributed by atoms with E-state index in [-0.39, 0.29) is 27.9 Å². The number of likely N-dealkylation sites (tertiary alicyclic amines) is 1. The van der Waals surface area contributed by atoms with Crippen LogP contribution in [0.1, 0.15) is 18.9 Å². The first-order valence-corrected chi connectivity index (χ1v) is 12.2. The molecule has 1 aliphatic rings. The molecule has 1 atom stereocenters. The van der Waals surface area contributed by atoms with E-state index in [9.17, 15) is 10.2 Å². The summed E-state index contributed by atoms with van der Waals surface area (Å²) in [5.74, 6) is -0.500. The van der Waals surface area contributed by atoms with Crippen LogP contribution in [0, 0.1) is 5.82 Å². The summed E-state index contributed by atoms with van der Waals surface area (Å²) in [7, 11) is 0. The van der Waals surface area contributed by atoms with Crippen LogP contribution in [-0.2, 0) is 0 Å². The third kappa shape index (κ3) is 3.63. The van der Waals surface area contributed by atoms with Crippen molar-refractivity contribution in [3.05, 3.63) is 78.4 Å². The van der Waals surface area contributed by atoms with Gasteiger partial charge in [-0.2, -0.15) is 5.10 Å². The monoisotopic (exact) mass is 502 g/mol. The summed E-state index contributed by atoms with van der Waals surface area (Å²) in [6, 6.07) is 12.5. The lowest BCUT2D eigenvalue weighted by atomic mass is 9.95. The zero-order valence-electron chi connectivity index (χ0n) is 19.4. The number of fused-ring (bicyclic) bond motifs is 4. The molecule has 0 aliphatic carbocycles. The molecule has 2 N–H and O–H groups in total. The highest BCUT2D eigenvalue weighted by atomic mass is 35.5. The molecule has 0 amide bonds. The number of hydrogen-bond donors (Lipinski definition) is 2. The van der Waals surface area contributed by atoms with Crippen LogP contribution in [0.2, 0.25) is 5.02 Å². The van der Waals surface area contributed by atoms with E-state index >= 15 is 4.39 Å². The molecule has 6 nitrogen and oxygen atoms in total. The van der Waals surface area contributed by atoms with Gasteiger partial charge in [-0.15, -0.1) is 0 Å². The number of piperidine rings is 1. The molecule has 8 heteroatoms. The Hall–Kier alpha value is -3.52. The Morgan fingerprint density at radius 3 is 2.64 bits per heavy atom. The summed E-state index contributed by atoms with van der Waals surface area (Å²) in [6.45, 7) is 5.07. The van der Waals surface area contributed by atoms with Gasteiger partial charge in [0.05, 0.1) is 22.8 Å². The number of hydrogen-bond acceptors (Lipinski definition) is 5. The smallest absolute Gasteiger partial charge is 0.158 e. The van der Waals surface area contributed by atoms with E-state index in [1.807, 2.05) is 33.8 Å². The quantitative estimate of drug-likeness (QED) is 0.293. The van der Waals surface area contributed by atoms with Crippen molar-refractivity contribution in [2.75, 3.05) is 13.1 Å². The highest BCUT2D eigenvalue weighted by Crippen LogP contribution is 2.42. The predicted molar refractivity (Wildman–Crippen MR) is 141 cm³/mol. The molecule has 1 aliphatic heterocycles. The Morgan fingerprint density at radius 2 is 1.86 bits per heavy atom. The van der Waals surface area contributed by atoms with Gasteiger partial charge in [-0.25, -0.2) is 4.39 Å². The average molecular weight is 503 g/mol. The summed E-state index contributed by atoms with van der Waals surface area (Å²) in [5.41, 5.74) is 1.71. The molecule has 0 bridgehead atoms. The van der Waals surface area contributed by atoms with E-state index in [2.05, 4.69) is 16.7 Å². The molecule has 0 spiro atoms. The van der Waals surface area contributed by atoms with Crippen LogP contribution >= 0.6 is 11.6 Å². The van der Waals surface area contributed by atoms with Gasteiger partial charge in [0.15, 0.2) is 5.82 Å². The maximum Gasteiger partial charge on any atom is 0.158 e. The molecule has 0 radical (unpaired) electrons. The maximum atomic E-state index is 16.2. The lowest BCUT2D eigenvalue weighted by Gasteiger charge is -2.34. The predicted octanol–water partition coefficient (Wildman–Crippen LogP) is 6.04. The number of benzene rings is 3. The summed E-state index contributed by atoms with van der Waals surface area (Å²) in [5, 5.41) is 28.2. The lowest BCUT2D eigenvalue weighted by molar-refractivity contribution is 0.0179. The minimum atomic E-state index is -0.662. The van der Waals surface area contributed by atoms with Gasteiger partial charge in [-0.3, -0.25) is 14.6 Å². The van der Waals surface area contributed by atoms with Crippen LogP contribution in [0.25, 0.3) is 43.7 Å². The van der Waals surface area contributed by atoms with Crippen molar-refractivity contribution in [1.82, 2.24) is 19.7 Å². The van der Waals surface area contributed by atoms with E-state index in [1.54, 1.807) is 24.5 Å².